The monoisotopic (exact) mass is 469 g/mol. The second-order valence-electron chi connectivity index (χ2n) is 8.31. The number of ether oxygens (including phenoxy) is 2. The van der Waals surface area contributed by atoms with Crippen molar-refractivity contribution in [3.63, 3.8) is 0 Å². The smallest absolute Gasteiger partial charge is 0.330 e. The van der Waals surface area contributed by atoms with Crippen molar-refractivity contribution in [1.82, 2.24) is 14.1 Å². The fourth-order valence-corrected chi connectivity index (χ4v) is 4.27. The zero-order valence-corrected chi connectivity index (χ0v) is 19.8. The van der Waals surface area contributed by atoms with Gasteiger partial charge in [0.2, 0.25) is 5.89 Å². The van der Waals surface area contributed by atoms with Crippen molar-refractivity contribution in [2.45, 2.75) is 25.9 Å². The lowest BCUT2D eigenvalue weighted by molar-refractivity contribution is -0.145. The number of carbonyl (C=O) groups excluding carboxylic acids is 1. The molecule has 0 fully saturated rings. The van der Waals surface area contributed by atoms with Crippen molar-refractivity contribution in [2.75, 3.05) is 13.7 Å². The third-order valence-electron chi connectivity index (χ3n) is 6.11. The highest BCUT2D eigenvalue weighted by molar-refractivity contribution is 5.86. The van der Waals surface area contributed by atoms with Crippen LogP contribution in [0.4, 0.5) is 0 Å². The first-order chi connectivity index (χ1) is 17.1. The van der Waals surface area contributed by atoms with E-state index < -0.39 is 6.04 Å². The standard InChI is InChI=1S/C28H27N3O4/c1-20-23(29-27(35-20)21-9-4-3-5-10-21)14-18-34-26-12-8-11-24-22(26)13-17-31(24)19-25(28(32)33-2)30-15-6-7-16-30/h3-13,15-17,25H,14,18-19H2,1-2H3/t25-/m0/s1. The number of esters is 1. The molecule has 7 nitrogen and oxygen atoms in total. The maximum absolute atomic E-state index is 12.4. The molecule has 35 heavy (non-hydrogen) atoms. The Bertz CT molecular complexity index is 1420. The van der Waals surface area contributed by atoms with Crippen molar-refractivity contribution in [1.29, 1.82) is 0 Å². The minimum absolute atomic E-state index is 0.284. The number of benzene rings is 2. The van der Waals surface area contributed by atoms with E-state index in [2.05, 4.69) is 9.55 Å². The van der Waals surface area contributed by atoms with Crippen LogP contribution in [-0.4, -0.2) is 33.8 Å². The van der Waals surface area contributed by atoms with Gasteiger partial charge in [0.1, 0.15) is 17.6 Å². The first kappa shape index (κ1) is 22.5. The molecule has 0 saturated carbocycles. The molecule has 5 rings (SSSR count). The number of aryl methyl sites for hydroxylation is 1. The topological polar surface area (TPSA) is 71.4 Å². The van der Waals surface area contributed by atoms with Crippen molar-refractivity contribution < 1.29 is 18.7 Å². The van der Waals surface area contributed by atoms with E-state index in [4.69, 9.17) is 13.9 Å². The molecule has 3 aromatic heterocycles. The molecular weight excluding hydrogens is 442 g/mol. The third kappa shape index (κ3) is 4.71. The summed E-state index contributed by atoms with van der Waals surface area (Å²) in [5, 5.41) is 0.991. The molecule has 0 aliphatic rings. The van der Waals surface area contributed by atoms with E-state index in [9.17, 15) is 4.79 Å². The van der Waals surface area contributed by atoms with E-state index in [0.29, 0.717) is 25.5 Å². The minimum atomic E-state index is -0.455. The van der Waals surface area contributed by atoms with Crippen LogP contribution in [0.1, 0.15) is 17.5 Å². The van der Waals surface area contributed by atoms with Crippen LogP contribution in [0.5, 0.6) is 5.75 Å². The number of methoxy groups -OCH3 is 1. The number of carbonyl (C=O) groups is 1. The molecule has 2 aromatic carbocycles. The summed E-state index contributed by atoms with van der Waals surface area (Å²) in [7, 11) is 1.41. The van der Waals surface area contributed by atoms with Gasteiger partial charge in [-0.2, -0.15) is 0 Å². The van der Waals surface area contributed by atoms with Crippen LogP contribution in [0.3, 0.4) is 0 Å². The van der Waals surface area contributed by atoms with Gasteiger partial charge in [-0.05, 0) is 49.4 Å². The summed E-state index contributed by atoms with van der Waals surface area (Å²) in [5.74, 6) is 1.94. The molecule has 0 N–H and O–H groups in total. The maximum atomic E-state index is 12.4. The quantitative estimate of drug-likeness (QED) is 0.269. The average molecular weight is 470 g/mol. The first-order valence-electron chi connectivity index (χ1n) is 11.6. The van der Waals surface area contributed by atoms with Crippen LogP contribution in [-0.2, 0) is 22.5 Å². The van der Waals surface area contributed by atoms with Gasteiger partial charge in [-0.1, -0.05) is 24.3 Å². The fraction of sp³-hybridized carbons (Fsp3) is 0.214. The predicted molar refractivity (Wildman–Crippen MR) is 133 cm³/mol. The Labute approximate surface area is 203 Å². The maximum Gasteiger partial charge on any atom is 0.330 e. The van der Waals surface area contributed by atoms with Gasteiger partial charge < -0.3 is 23.0 Å². The lowest BCUT2D eigenvalue weighted by atomic mass is 10.2. The summed E-state index contributed by atoms with van der Waals surface area (Å²) in [5.41, 5.74) is 2.84. The number of oxazole rings is 1. The molecular formula is C28H27N3O4. The van der Waals surface area contributed by atoms with Crippen LogP contribution >= 0.6 is 0 Å². The van der Waals surface area contributed by atoms with Crippen LogP contribution in [0, 0.1) is 6.92 Å². The summed E-state index contributed by atoms with van der Waals surface area (Å²) < 4.78 is 21.0. The van der Waals surface area contributed by atoms with Gasteiger partial charge >= 0.3 is 5.97 Å². The summed E-state index contributed by atoms with van der Waals surface area (Å²) in [6.07, 6.45) is 6.36. The Morgan fingerprint density at radius 3 is 2.57 bits per heavy atom. The molecule has 0 amide bonds. The molecule has 0 unspecified atom stereocenters. The average Bonchev–Trinajstić information content (AvgIpc) is 3.64. The van der Waals surface area contributed by atoms with E-state index >= 15 is 0 Å². The highest BCUT2D eigenvalue weighted by Gasteiger charge is 2.22. The molecule has 0 spiro atoms. The van der Waals surface area contributed by atoms with Crippen molar-refractivity contribution in [3.8, 4) is 17.2 Å². The summed E-state index contributed by atoms with van der Waals surface area (Å²) in [4.78, 5) is 17.1. The van der Waals surface area contributed by atoms with Crippen LogP contribution < -0.4 is 4.74 Å². The molecule has 178 valence electrons. The highest BCUT2D eigenvalue weighted by Crippen LogP contribution is 2.28. The second kappa shape index (κ2) is 9.93. The highest BCUT2D eigenvalue weighted by atomic mass is 16.5. The second-order valence-corrected chi connectivity index (χ2v) is 8.31. The molecule has 1 atom stereocenters. The summed E-state index contributed by atoms with van der Waals surface area (Å²) in [6.45, 7) is 2.85. The van der Waals surface area contributed by atoms with Crippen molar-refractivity contribution >= 4 is 16.9 Å². The predicted octanol–water partition coefficient (Wildman–Crippen LogP) is 5.44. The first-order valence-corrected chi connectivity index (χ1v) is 11.6. The van der Waals surface area contributed by atoms with Gasteiger partial charge in [-0.3, -0.25) is 0 Å². The van der Waals surface area contributed by atoms with Gasteiger partial charge in [0.05, 0.1) is 31.5 Å². The fourth-order valence-electron chi connectivity index (χ4n) is 4.27. The van der Waals surface area contributed by atoms with E-state index in [1.165, 1.54) is 7.11 Å². The zero-order chi connectivity index (χ0) is 24.2. The van der Waals surface area contributed by atoms with E-state index in [-0.39, 0.29) is 5.97 Å². The molecule has 0 aliphatic carbocycles. The third-order valence-corrected chi connectivity index (χ3v) is 6.11. The molecule has 0 bridgehead atoms. The van der Waals surface area contributed by atoms with Gasteiger partial charge in [0.25, 0.3) is 0 Å². The number of rotatable bonds is 9. The van der Waals surface area contributed by atoms with Crippen molar-refractivity contribution in [3.05, 3.63) is 96.8 Å². The number of fused-ring (bicyclic) bond motifs is 1. The van der Waals surface area contributed by atoms with Crippen LogP contribution in [0.2, 0.25) is 0 Å². The molecule has 7 heteroatoms. The van der Waals surface area contributed by atoms with Crippen LogP contribution in [0.15, 0.2) is 89.7 Å². The number of nitrogens with zero attached hydrogens (tertiary/aromatic N) is 3. The Hall–Kier alpha value is -4.26. The lowest BCUT2D eigenvalue weighted by Gasteiger charge is -2.18. The molecule has 0 aliphatic heterocycles. The van der Waals surface area contributed by atoms with E-state index in [1.807, 2.05) is 96.8 Å². The van der Waals surface area contributed by atoms with Gasteiger partial charge in [-0.25, -0.2) is 9.78 Å². The van der Waals surface area contributed by atoms with Gasteiger partial charge in [-0.15, -0.1) is 0 Å². The lowest BCUT2D eigenvalue weighted by Crippen LogP contribution is -2.24. The number of aromatic nitrogens is 3. The summed E-state index contributed by atoms with van der Waals surface area (Å²) in [6, 6.07) is 21.2. The largest absolute Gasteiger partial charge is 0.492 e. The Morgan fingerprint density at radius 1 is 1.00 bits per heavy atom. The molecule has 5 aromatic rings. The minimum Gasteiger partial charge on any atom is -0.492 e. The van der Waals surface area contributed by atoms with E-state index in [0.717, 1.165) is 33.7 Å². The van der Waals surface area contributed by atoms with Gasteiger partial charge in [0, 0.05) is 36.0 Å². The molecule has 0 saturated heterocycles. The van der Waals surface area contributed by atoms with E-state index in [1.54, 1.807) is 0 Å². The number of hydrogen-bond acceptors (Lipinski definition) is 5. The Balaban J connectivity index is 1.30. The van der Waals surface area contributed by atoms with Gasteiger partial charge in [0.15, 0.2) is 0 Å². The van der Waals surface area contributed by atoms with Crippen LogP contribution in [0.25, 0.3) is 22.4 Å². The molecule has 3 heterocycles. The number of hydrogen-bond donors (Lipinski definition) is 0. The SMILES string of the molecule is COC(=O)[C@H](Cn1ccc2c(OCCc3nc(-c4ccccc4)oc3C)cccc21)n1cccc1. The summed E-state index contributed by atoms with van der Waals surface area (Å²) >= 11 is 0. The molecule has 0 radical (unpaired) electrons. The normalized spacial score (nSPS) is 12.1. The zero-order valence-electron chi connectivity index (χ0n) is 19.8. The Morgan fingerprint density at radius 2 is 1.80 bits per heavy atom. The van der Waals surface area contributed by atoms with Crippen molar-refractivity contribution in [2.24, 2.45) is 0 Å². The Kier molecular flexibility index (Phi) is 6.39.